The van der Waals surface area contributed by atoms with E-state index in [2.05, 4.69) is 12.0 Å². The van der Waals surface area contributed by atoms with E-state index >= 15 is 0 Å². The molecule has 2 atom stereocenters. The molecule has 2 rings (SSSR count). The molecule has 0 saturated heterocycles. The Labute approximate surface area is 84.1 Å². The average molecular weight is 192 g/mol. The van der Waals surface area contributed by atoms with Crippen LogP contribution in [0.15, 0.2) is 18.3 Å². The van der Waals surface area contributed by atoms with Crippen molar-refractivity contribution in [3.63, 3.8) is 0 Å². The topological polar surface area (TPSA) is 38.0 Å². The van der Waals surface area contributed by atoms with Crippen molar-refractivity contribution >= 4 is 5.57 Å². The van der Waals surface area contributed by atoms with Crippen LogP contribution in [0.2, 0.25) is 0 Å². The molecule has 0 aromatic carbocycles. The minimum atomic E-state index is -0.288. The first-order chi connectivity index (χ1) is 6.66. The summed E-state index contributed by atoms with van der Waals surface area (Å²) in [5.74, 6) is 0.555. The van der Waals surface area contributed by atoms with Crippen LogP contribution >= 0.6 is 0 Å². The van der Waals surface area contributed by atoms with Gasteiger partial charge in [0.05, 0.1) is 11.8 Å². The zero-order valence-electron chi connectivity index (χ0n) is 8.64. The molecule has 0 radical (unpaired) electrons. The number of hydrogen-bond acceptors (Lipinski definition) is 2. The first-order valence-corrected chi connectivity index (χ1v) is 5.04. The molecule has 0 fully saturated rings. The lowest BCUT2D eigenvalue weighted by atomic mass is 9.87. The number of nitrogens with zero attached hydrogens (tertiary/aromatic N) is 2. The van der Waals surface area contributed by atoms with Gasteiger partial charge in [0.25, 0.3) is 0 Å². The minimum Gasteiger partial charge on any atom is -0.389 e. The Kier molecular flexibility index (Phi) is 2.42. The van der Waals surface area contributed by atoms with Crippen LogP contribution in [-0.4, -0.2) is 21.0 Å². The monoisotopic (exact) mass is 192 g/mol. The van der Waals surface area contributed by atoms with Gasteiger partial charge >= 0.3 is 0 Å². The van der Waals surface area contributed by atoms with Crippen molar-refractivity contribution in [1.29, 1.82) is 0 Å². The fraction of sp³-hybridized carbons (Fsp3) is 0.545. The Morgan fingerprint density at radius 3 is 2.93 bits per heavy atom. The maximum Gasteiger partial charge on any atom is 0.0730 e. The highest BCUT2D eigenvalue weighted by molar-refractivity contribution is 5.64. The molecule has 1 aromatic heterocycles. The molecule has 1 aliphatic rings. The van der Waals surface area contributed by atoms with E-state index < -0.39 is 0 Å². The zero-order valence-corrected chi connectivity index (χ0v) is 8.64. The van der Waals surface area contributed by atoms with E-state index in [1.807, 2.05) is 23.9 Å². The van der Waals surface area contributed by atoms with E-state index in [0.29, 0.717) is 5.92 Å². The summed E-state index contributed by atoms with van der Waals surface area (Å²) < 4.78 is 1.86. The second-order valence-corrected chi connectivity index (χ2v) is 4.14. The third kappa shape index (κ3) is 1.73. The van der Waals surface area contributed by atoms with Crippen LogP contribution in [0.1, 0.15) is 25.5 Å². The van der Waals surface area contributed by atoms with Crippen LogP contribution in [0.4, 0.5) is 0 Å². The molecular weight excluding hydrogens is 176 g/mol. The highest BCUT2D eigenvalue weighted by Crippen LogP contribution is 2.30. The van der Waals surface area contributed by atoms with Crippen LogP contribution in [0, 0.1) is 5.92 Å². The molecule has 14 heavy (non-hydrogen) atoms. The number of aromatic nitrogens is 2. The van der Waals surface area contributed by atoms with Crippen LogP contribution in [0.5, 0.6) is 0 Å². The van der Waals surface area contributed by atoms with Gasteiger partial charge in [0.15, 0.2) is 0 Å². The summed E-state index contributed by atoms with van der Waals surface area (Å²) in [5, 5.41) is 13.8. The predicted molar refractivity (Wildman–Crippen MR) is 55.6 cm³/mol. The minimum absolute atomic E-state index is 0.288. The molecule has 3 nitrogen and oxygen atoms in total. The Hall–Kier alpha value is -1.09. The smallest absolute Gasteiger partial charge is 0.0730 e. The lowest BCUT2D eigenvalue weighted by Gasteiger charge is -2.22. The van der Waals surface area contributed by atoms with Gasteiger partial charge in [-0.15, -0.1) is 0 Å². The molecule has 3 heteroatoms. The largest absolute Gasteiger partial charge is 0.389 e. The number of aryl methyl sites for hydroxylation is 1. The lowest BCUT2D eigenvalue weighted by molar-refractivity contribution is 0.185. The van der Waals surface area contributed by atoms with Gasteiger partial charge in [-0.2, -0.15) is 5.10 Å². The molecule has 1 heterocycles. The zero-order chi connectivity index (χ0) is 10.1. The second kappa shape index (κ2) is 3.58. The first-order valence-electron chi connectivity index (χ1n) is 5.04. The van der Waals surface area contributed by atoms with Crippen molar-refractivity contribution in [2.24, 2.45) is 13.0 Å². The van der Waals surface area contributed by atoms with E-state index in [1.165, 1.54) is 5.57 Å². The fourth-order valence-corrected chi connectivity index (χ4v) is 2.12. The maximum atomic E-state index is 9.63. The number of hydrogen-bond donors (Lipinski definition) is 1. The van der Waals surface area contributed by atoms with Crippen molar-refractivity contribution in [3.05, 3.63) is 24.0 Å². The highest BCUT2D eigenvalue weighted by atomic mass is 16.3. The summed E-state index contributed by atoms with van der Waals surface area (Å²) in [7, 11) is 1.93. The molecule has 1 aliphatic carbocycles. The third-order valence-electron chi connectivity index (χ3n) is 2.76. The van der Waals surface area contributed by atoms with Crippen molar-refractivity contribution in [2.75, 3.05) is 0 Å². The summed E-state index contributed by atoms with van der Waals surface area (Å²) in [4.78, 5) is 0. The van der Waals surface area contributed by atoms with Gasteiger partial charge in [0.2, 0.25) is 0 Å². The third-order valence-corrected chi connectivity index (χ3v) is 2.76. The average Bonchev–Trinajstić information content (AvgIpc) is 2.49. The molecule has 0 bridgehead atoms. The van der Waals surface area contributed by atoms with E-state index in [-0.39, 0.29) is 6.10 Å². The van der Waals surface area contributed by atoms with Gasteiger partial charge in [-0.25, -0.2) is 0 Å². The summed E-state index contributed by atoms with van der Waals surface area (Å²) in [6, 6.07) is 2.00. The molecular formula is C11H16N2O. The molecule has 76 valence electrons. The molecule has 0 saturated carbocycles. The summed E-state index contributed by atoms with van der Waals surface area (Å²) in [6.07, 6.45) is 5.38. The summed E-state index contributed by atoms with van der Waals surface area (Å²) in [6.45, 7) is 2.17. The van der Waals surface area contributed by atoms with Crippen molar-refractivity contribution in [2.45, 2.75) is 25.9 Å². The number of aliphatic hydroxyl groups excluding tert-OH is 1. The number of allylic oxidation sites excluding steroid dienone is 1. The Morgan fingerprint density at radius 1 is 1.57 bits per heavy atom. The summed E-state index contributed by atoms with van der Waals surface area (Å²) >= 11 is 0. The van der Waals surface area contributed by atoms with E-state index in [0.717, 1.165) is 18.5 Å². The van der Waals surface area contributed by atoms with Gasteiger partial charge < -0.3 is 5.11 Å². The number of aliphatic hydroxyl groups is 1. The Balaban J connectivity index is 2.30. The maximum absolute atomic E-state index is 9.63. The fourth-order valence-electron chi connectivity index (χ4n) is 2.12. The van der Waals surface area contributed by atoms with Gasteiger partial charge in [-0.1, -0.05) is 13.0 Å². The van der Waals surface area contributed by atoms with Gasteiger partial charge in [-0.3, -0.25) is 4.68 Å². The predicted octanol–water partition coefficient (Wildman–Crippen LogP) is 1.59. The van der Waals surface area contributed by atoms with E-state index in [9.17, 15) is 5.11 Å². The first kappa shape index (κ1) is 9.46. The normalized spacial score (nSPS) is 27.5. The van der Waals surface area contributed by atoms with Crippen LogP contribution in [0.3, 0.4) is 0 Å². The van der Waals surface area contributed by atoms with Crippen LogP contribution in [0.25, 0.3) is 5.57 Å². The molecule has 1 aromatic rings. The number of rotatable bonds is 1. The standard InChI is InChI=1S/C11H16N2O/c1-8-5-9(7-10(14)6-8)11-3-4-12-13(11)2/h3-4,7-8,10,14H,5-6H2,1-2H3. The van der Waals surface area contributed by atoms with E-state index in [1.54, 1.807) is 6.20 Å². The Morgan fingerprint density at radius 2 is 2.36 bits per heavy atom. The quantitative estimate of drug-likeness (QED) is 0.733. The highest BCUT2D eigenvalue weighted by Gasteiger charge is 2.19. The molecule has 0 spiro atoms. The van der Waals surface area contributed by atoms with Crippen LogP contribution < -0.4 is 0 Å². The lowest BCUT2D eigenvalue weighted by Crippen LogP contribution is -2.16. The molecule has 0 aliphatic heterocycles. The SMILES string of the molecule is CC1CC(c2ccnn2C)=CC(O)C1. The van der Waals surface area contributed by atoms with Gasteiger partial charge in [-0.05, 0) is 30.4 Å². The Bertz CT molecular complexity index is 354. The van der Waals surface area contributed by atoms with E-state index in [4.69, 9.17) is 0 Å². The van der Waals surface area contributed by atoms with Crippen molar-refractivity contribution in [1.82, 2.24) is 9.78 Å². The van der Waals surface area contributed by atoms with Crippen molar-refractivity contribution in [3.8, 4) is 0 Å². The van der Waals surface area contributed by atoms with Crippen molar-refractivity contribution < 1.29 is 5.11 Å². The second-order valence-electron chi connectivity index (χ2n) is 4.14. The van der Waals surface area contributed by atoms with Gasteiger partial charge in [0.1, 0.15) is 0 Å². The summed E-state index contributed by atoms with van der Waals surface area (Å²) in [5.41, 5.74) is 2.34. The van der Waals surface area contributed by atoms with Crippen LogP contribution in [-0.2, 0) is 7.05 Å². The molecule has 2 unspecified atom stereocenters. The molecule has 1 N–H and O–H groups in total. The molecule has 0 amide bonds. The van der Waals surface area contributed by atoms with Gasteiger partial charge in [0, 0.05) is 13.2 Å².